The maximum atomic E-state index is 6.35. The van der Waals surface area contributed by atoms with E-state index in [2.05, 4.69) is 49.2 Å². The standard InChI is InChI=1S/C16H25ClN2/c1-16(2,3)13-7-8-19(11-13)14-6-5-12(10-18-4)15(17)9-14/h5-6,9,13,18H,7-8,10-11H2,1-4H3. The molecule has 1 N–H and O–H groups in total. The molecule has 3 heteroatoms. The number of nitrogens with zero attached hydrogens (tertiary/aromatic N) is 1. The average Bonchev–Trinajstić information content (AvgIpc) is 2.81. The summed E-state index contributed by atoms with van der Waals surface area (Å²) in [6.45, 7) is 10.1. The summed E-state index contributed by atoms with van der Waals surface area (Å²) >= 11 is 6.35. The van der Waals surface area contributed by atoms with Gasteiger partial charge in [-0.3, -0.25) is 0 Å². The molecule has 0 radical (unpaired) electrons. The Morgan fingerprint density at radius 3 is 2.63 bits per heavy atom. The maximum absolute atomic E-state index is 6.35. The van der Waals surface area contributed by atoms with E-state index in [1.165, 1.54) is 17.7 Å². The molecule has 0 saturated carbocycles. The molecule has 1 aromatic carbocycles. The highest BCUT2D eigenvalue weighted by molar-refractivity contribution is 6.31. The predicted molar refractivity (Wildman–Crippen MR) is 84.0 cm³/mol. The molecule has 1 aliphatic rings. The summed E-state index contributed by atoms with van der Waals surface area (Å²) in [6.07, 6.45) is 1.28. The summed E-state index contributed by atoms with van der Waals surface area (Å²) in [5.74, 6) is 0.767. The van der Waals surface area contributed by atoms with Gasteiger partial charge >= 0.3 is 0 Å². The quantitative estimate of drug-likeness (QED) is 0.902. The number of halogens is 1. The Labute approximate surface area is 122 Å². The highest BCUT2D eigenvalue weighted by Gasteiger charge is 2.31. The fourth-order valence-electron chi connectivity index (χ4n) is 2.77. The van der Waals surface area contributed by atoms with Crippen LogP contribution in [-0.4, -0.2) is 20.1 Å². The number of hydrogen-bond donors (Lipinski definition) is 1. The summed E-state index contributed by atoms with van der Waals surface area (Å²) in [5, 5.41) is 4.01. The molecule has 0 bridgehead atoms. The molecule has 1 unspecified atom stereocenters. The van der Waals surface area contributed by atoms with Gasteiger partial charge in [0.05, 0.1) is 0 Å². The van der Waals surface area contributed by atoms with Gasteiger partial charge in [0, 0.05) is 30.3 Å². The van der Waals surface area contributed by atoms with Gasteiger partial charge in [-0.1, -0.05) is 38.4 Å². The van der Waals surface area contributed by atoms with Crippen molar-refractivity contribution in [2.24, 2.45) is 11.3 Å². The Morgan fingerprint density at radius 2 is 2.11 bits per heavy atom. The molecule has 0 aromatic heterocycles. The van der Waals surface area contributed by atoms with Crippen molar-refractivity contribution in [3.05, 3.63) is 28.8 Å². The molecule has 1 saturated heterocycles. The number of rotatable bonds is 3. The van der Waals surface area contributed by atoms with Gasteiger partial charge in [-0.25, -0.2) is 0 Å². The van der Waals surface area contributed by atoms with Crippen LogP contribution in [0.4, 0.5) is 5.69 Å². The van der Waals surface area contributed by atoms with Crippen LogP contribution in [-0.2, 0) is 6.54 Å². The first-order valence-corrected chi connectivity index (χ1v) is 7.47. The third-order valence-corrected chi connectivity index (χ3v) is 4.53. The molecule has 0 spiro atoms. The van der Waals surface area contributed by atoms with Crippen molar-refractivity contribution >= 4 is 17.3 Å². The van der Waals surface area contributed by atoms with E-state index in [0.29, 0.717) is 5.41 Å². The van der Waals surface area contributed by atoms with Crippen LogP contribution in [0.3, 0.4) is 0 Å². The van der Waals surface area contributed by atoms with Gasteiger partial charge in [0.1, 0.15) is 0 Å². The molecule has 0 amide bonds. The lowest BCUT2D eigenvalue weighted by Crippen LogP contribution is -2.25. The SMILES string of the molecule is CNCc1ccc(N2CCC(C(C)(C)C)C2)cc1Cl. The van der Waals surface area contributed by atoms with Crippen molar-refractivity contribution < 1.29 is 0 Å². The Morgan fingerprint density at radius 1 is 1.37 bits per heavy atom. The van der Waals surface area contributed by atoms with E-state index in [1.807, 2.05) is 7.05 Å². The normalized spacial score (nSPS) is 20.1. The van der Waals surface area contributed by atoms with Gasteiger partial charge in [-0.15, -0.1) is 0 Å². The molecule has 106 valence electrons. The molecule has 1 fully saturated rings. The van der Waals surface area contributed by atoms with Crippen LogP contribution in [0.2, 0.25) is 5.02 Å². The summed E-state index contributed by atoms with van der Waals surface area (Å²) in [4.78, 5) is 2.46. The van der Waals surface area contributed by atoms with Crippen molar-refractivity contribution in [3.63, 3.8) is 0 Å². The van der Waals surface area contributed by atoms with Gasteiger partial charge in [-0.2, -0.15) is 0 Å². The van der Waals surface area contributed by atoms with Gasteiger partial charge in [-0.05, 0) is 42.5 Å². The minimum absolute atomic E-state index is 0.393. The zero-order chi connectivity index (χ0) is 14.0. The molecular weight excluding hydrogens is 256 g/mol. The van der Waals surface area contributed by atoms with E-state index in [9.17, 15) is 0 Å². The Kier molecular flexibility index (Phi) is 4.42. The third kappa shape index (κ3) is 3.43. The van der Waals surface area contributed by atoms with E-state index >= 15 is 0 Å². The van der Waals surface area contributed by atoms with E-state index < -0.39 is 0 Å². The zero-order valence-corrected chi connectivity index (χ0v) is 13.2. The molecule has 1 aromatic rings. The zero-order valence-electron chi connectivity index (χ0n) is 12.5. The van der Waals surface area contributed by atoms with Crippen molar-refractivity contribution in [1.29, 1.82) is 0 Å². The monoisotopic (exact) mass is 280 g/mol. The fraction of sp³-hybridized carbons (Fsp3) is 0.625. The van der Waals surface area contributed by atoms with E-state index in [4.69, 9.17) is 11.6 Å². The molecule has 1 atom stereocenters. The van der Waals surface area contributed by atoms with Gasteiger partial charge in [0.2, 0.25) is 0 Å². The van der Waals surface area contributed by atoms with Crippen LogP contribution in [0, 0.1) is 11.3 Å². The number of anilines is 1. The van der Waals surface area contributed by atoms with Crippen molar-refractivity contribution in [3.8, 4) is 0 Å². The lowest BCUT2D eigenvalue weighted by atomic mass is 9.80. The molecule has 1 aliphatic heterocycles. The summed E-state index contributed by atoms with van der Waals surface area (Å²) < 4.78 is 0. The summed E-state index contributed by atoms with van der Waals surface area (Å²) in [5.41, 5.74) is 2.82. The lowest BCUT2D eigenvalue weighted by Gasteiger charge is -2.27. The first-order chi connectivity index (χ1) is 8.91. The average molecular weight is 281 g/mol. The lowest BCUT2D eigenvalue weighted by molar-refractivity contribution is 0.263. The Balaban J connectivity index is 2.10. The molecule has 0 aliphatic carbocycles. The van der Waals surface area contributed by atoms with Gasteiger partial charge < -0.3 is 10.2 Å². The maximum Gasteiger partial charge on any atom is 0.0471 e. The molecule has 2 nitrogen and oxygen atoms in total. The van der Waals surface area contributed by atoms with Crippen molar-refractivity contribution in [2.75, 3.05) is 25.0 Å². The van der Waals surface area contributed by atoms with Gasteiger partial charge in [0.25, 0.3) is 0 Å². The molecule has 19 heavy (non-hydrogen) atoms. The number of nitrogens with one attached hydrogen (secondary N) is 1. The van der Waals surface area contributed by atoms with Crippen LogP contribution in [0.25, 0.3) is 0 Å². The minimum atomic E-state index is 0.393. The first kappa shape index (κ1) is 14.7. The van der Waals surface area contributed by atoms with E-state index in [1.54, 1.807) is 0 Å². The fourth-order valence-corrected chi connectivity index (χ4v) is 3.01. The second-order valence-electron chi connectivity index (χ2n) is 6.60. The predicted octanol–water partition coefficient (Wildman–Crippen LogP) is 3.93. The van der Waals surface area contributed by atoms with Crippen molar-refractivity contribution in [2.45, 2.75) is 33.7 Å². The summed E-state index contributed by atoms with van der Waals surface area (Å²) in [7, 11) is 1.94. The Hall–Kier alpha value is -0.730. The van der Waals surface area contributed by atoms with Crippen LogP contribution < -0.4 is 10.2 Å². The van der Waals surface area contributed by atoms with Crippen molar-refractivity contribution in [1.82, 2.24) is 5.32 Å². The van der Waals surface area contributed by atoms with Crippen LogP contribution in [0.15, 0.2) is 18.2 Å². The minimum Gasteiger partial charge on any atom is -0.371 e. The van der Waals surface area contributed by atoms with Crippen LogP contribution >= 0.6 is 11.6 Å². The topological polar surface area (TPSA) is 15.3 Å². The highest BCUT2D eigenvalue weighted by Crippen LogP contribution is 2.36. The Bertz CT molecular complexity index is 437. The summed E-state index contributed by atoms with van der Waals surface area (Å²) in [6, 6.07) is 6.45. The second kappa shape index (κ2) is 5.72. The second-order valence-corrected chi connectivity index (χ2v) is 7.01. The number of hydrogen-bond acceptors (Lipinski definition) is 2. The largest absolute Gasteiger partial charge is 0.371 e. The smallest absolute Gasteiger partial charge is 0.0471 e. The molecule has 1 heterocycles. The first-order valence-electron chi connectivity index (χ1n) is 7.10. The third-order valence-electron chi connectivity index (χ3n) is 4.18. The molecule has 2 rings (SSSR count). The van der Waals surface area contributed by atoms with Crippen LogP contribution in [0.1, 0.15) is 32.8 Å². The van der Waals surface area contributed by atoms with Crippen LogP contribution in [0.5, 0.6) is 0 Å². The van der Waals surface area contributed by atoms with E-state index in [-0.39, 0.29) is 0 Å². The molecular formula is C16H25ClN2. The number of benzene rings is 1. The highest BCUT2D eigenvalue weighted by atomic mass is 35.5. The van der Waals surface area contributed by atoms with Gasteiger partial charge in [0.15, 0.2) is 0 Å². The van der Waals surface area contributed by atoms with E-state index in [0.717, 1.165) is 30.6 Å².